The van der Waals surface area contributed by atoms with Crippen LogP contribution in [0.4, 0.5) is 0 Å². The fourth-order valence-electron chi connectivity index (χ4n) is 2.54. The molecule has 2 rings (SSSR count). The summed E-state index contributed by atoms with van der Waals surface area (Å²) in [5, 5.41) is 9.26. The molecule has 1 heteroatoms. The average molecular weight is 236 g/mol. The summed E-state index contributed by atoms with van der Waals surface area (Å²) in [6.45, 7) is 0. The van der Waals surface area contributed by atoms with Gasteiger partial charge < -0.3 is 5.11 Å². The van der Waals surface area contributed by atoms with Crippen molar-refractivity contribution in [3.63, 3.8) is 0 Å². The highest BCUT2D eigenvalue weighted by molar-refractivity contribution is 5.28. The highest BCUT2D eigenvalue weighted by Gasteiger charge is 2.13. The monoisotopic (exact) mass is 236 g/mol. The van der Waals surface area contributed by atoms with Gasteiger partial charge in [0, 0.05) is 0 Å². The van der Waals surface area contributed by atoms with E-state index < -0.39 is 0 Å². The second-order valence-corrected chi connectivity index (χ2v) is 4.63. The van der Waals surface area contributed by atoms with Gasteiger partial charge in [0.25, 0.3) is 0 Å². The van der Waals surface area contributed by atoms with E-state index in [1.165, 1.54) is 50.5 Å². The van der Waals surface area contributed by atoms with Crippen LogP contribution in [0.5, 0.6) is 5.75 Å². The van der Waals surface area contributed by atoms with Gasteiger partial charge in [-0.05, 0) is 36.5 Å². The average Bonchev–Trinajstić information content (AvgIpc) is 2.19. The van der Waals surface area contributed by atoms with Gasteiger partial charge in [-0.1, -0.05) is 59.1 Å². The fourth-order valence-corrected chi connectivity index (χ4v) is 2.54. The zero-order chi connectivity index (χ0) is 10.5. The van der Waals surface area contributed by atoms with Crippen LogP contribution >= 0.6 is 0 Å². The van der Waals surface area contributed by atoms with Crippen LogP contribution in [0.3, 0.4) is 0 Å². The molecule has 1 aromatic rings. The lowest BCUT2D eigenvalue weighted by Gasteiger charge is -2.19. The van der Waals surface area contributed by atoms with Gasteiger partial charge in [0.05, 0.1) is 0 Å². The molecule has 0 heterocycles. The van der Waals surface area contributed by atoms with Gasteiger partial charge in [-0.2, -0.15) is 0 Å². The van der Waals surface area contributed by atoms with Gasteiger partial charge in [0.1, 0.15) is 5.75 Å². The van der Waals surface area contributed by atoms with Crippen LogP contribution < -0.4 is 0 Å². The van der Waals surface area contributed by atoms with E-state index in [0.717, 1.165) is 5.92 Å². The topological polar surface area (TPSA) is 20.2 Å². The number of aromatic hydroxyl groups is 1. The molecule has 1 aromatic carbocycles. The summed E-state index contributed by atoms with van der Waals surface area (Å²) in [6, 6.07) is 7.80. The first kappa shape index (κ1) is 16.0. The molecule has 0 radical (unpaired) electrons. The number of rotatable bonds is 1. The Morgan fingerprint density at radius 2 is 1.24 bits per heavy atom. The first-order chi connectivity index (χ1) is 7.36. The van der Waals surface area contributed by atoms with Crippen molar-refractivity contribution in [2.24, 2.45) is 0 Å². The Hall–Kier alpha value is -0.980. The normalized spacial score (nSPS) is 17.2. The summed E-state index contributed by atoms with van der Waals surface area (Å²) < 4.78 is 0. The zero-order valence-electron chi connectivity index (χ0n) is 9.28. The summed E-state index contributed by atoms with van der Waals surface area (Å²) >= 11 is 0. The van der Waals surface area contributed by atoms with Crippen LogP contribution in [0.25, 0.3) is 0 Å². The standard InChI is InChI=1S/C14H20O.2CH4/c15-14-10-8-13(9-11-14)12-6-4-2-1-3-5-7-12;;/h8-12,15H,1-7H2;2*1H4. The fraction of sp³-hybridized carbons (Fsp3) is 0.625. The molecule has 1 nitrogen and oxygen atoms in total. The molecule has 0 aromatic heterocycles. The molecule has 98 valence electrons. The van der Waals surface area contributed by atoms with Crippen molar-refractivity contribution in [2.75, 3.05) is 0 Å². The third-order valence-corrected chi connectivity index (χ3v) is 3.47. The Labute approximate surface area is 107 Å². The second-order valence-electron chi connectivity index (χ2n) is 4.63. The minimum Gasteiger partial charge on any atom is -0.508 e. The highest BCUT2D eigenvalue weighted by atomic mass is 16.3. The van der Waals surface area contributed by atoms with E-state index in [1.807, 2.05) is 12.1 Å². The zero-order valence-corrected chi connectivity index (χ0v) is 9.28. The van der Waals surface area contributed by atoms with E-state index in [0.29, 0.717) is 5.75 Å². The van der Waals surface area contributed by atoms with Gasteiger partial charge in [-0.15, -0.1) is 0 Å². The Morgan fingerprint density at radius 3 is 1.76 bits per heavy atom. The molecule has 0 atom stereocenters. The van der Waals surface area contributed by atoms with Crippen molar-refractivity contribution in [1.82, 2.24) is 0 Å². The molecule has 1 fully saturated rings. The maximum atomic E-state index is 9.26. The number of hydrogen-bond acceptors (Lipinski definition) is 1. The van der Waals surface area contributed by atoms with E-state index in [1.54, 1.807) is 0 Å². The third kappa shape index (κ3) is 4.80. The maximum absolute atomic E-state index is 9.26. The SMILES string of the molecule is C.C.Oc1ccc(C2CCCCCCC2)cc1. The van der Waals surface area contributed by atoms with Gasteiger partial charge in [-0.25, -0.2) is 0 Å². The van der Waals surface area contributed by atoms with E-state index in [9.17, 15) is 5.11 Å². The van der Waals surface area contributed by atoms with Crippen molar-refractivity contribution >= 4 is 0 Å². The minimum absolute atomic E-state index is 0. The lowest BCUT2D eigenvalue weighted by molar-refractivity contribution is 0.453. The summed E-state index contributed by atoms with van der Waals surface area (Å²) in [5.41, 5.74) is 1.41. The molecule has 1 saturated carbocycles. The summed E-state index contributed by atoms with van der Waals surface area (Å²) in [4.78, 5) is 0. The summed E-state index contributed by atoms with van der Waals surface area (Å²) in [6.07, 6.45) is 9.60. The largest absolute Gasteiger partial charge is 0.508 e. The number of phenolic OH excluding ortho intramolecular Hbond substituents is 1. The second kappa shape index (κ2) is 8.16. The van der Waals surface area contributed by atoms with Crippen LogP contribution in [-0.2, 0) is 0 Å². The molecule has 1 aliphatic carbocycles. The van der Waals surface area contributed by atoms with Crippen LogP contribution in [0.1, 0.15) is 71.3 Å². The molecule has 1 aliphatic rings. The molecule has 0 unspecified atom stereocenters. The van der Waals surface area contributed by atoms with Crippen molar-refractivity contribution in [2.45, 2.75) is 65.7 Å². The van der Waals surface area contributed by atoms with Crippen molar-refractivity contribution in [3.05, 3.63) is 29.8 Å². The molecule has 0 spiro atoms. The number of hydrogen-bond donors (Lipinski definition) is 1. The molecule has 0 aliphatic heterocycles. The molecule has 0 amide bonds. The van der Waals surface area contributed by atoms with Crippen LogP contribution in [0.15, 0.2) is 24.3 Å². The maximum Gasteiger partial charge on any atom is 0.115 e. The smallest absolute Gasteiger partial charge is 0.115 e. The predicted molar refractivity (Wildman–Crippen MR) is 76.6 cm³/mol. The van der Waals surface area contributed by atoms with E-state index in [4.69, 9.17) is 0 Å². The Bertz CT molecular complexity index is 281. The van der Waals surface area contributed by atoms with Crippen molar-refractivity contribution in [3.8, 4) is 5.75 Å². The Kier molecular flexibility index (Phi) is 7.69. The van der Waals surface area contributed by atoms with Gasteiger partial charge in [0.15, 0.2) is 0 Å². The molecule has 1 N–H and O–H groups in total. The predicted octanol–water partition coefficient (Wildman–Crippen LogP) is 5.49. The van der Waals surface area contributed by atoms with Crippen molar-refractivity contribution < 1.29 is 5.11 Å². The van der Waals surface area contributed by atoms with Gasteiger partial charge >= 0.3 is 0 Å². The van der Waals surface area contributed by atoms with Crippen LogP contribution in [0, 0.1) is 0 Å². The lowest BCUT2D eigenvalue weighted by atomic mass is 9.86. The summed E-state index contributed by atoms with van der Waals surface area (Å²) in [7, 11) is 0. The molecular formula is C16H28O. The van der Waals surface area contributed by atoms with Gasteiger partial charge in [-0.3, -0.25) is 0 Å². The Balaban J connectivity index is 0.00000128. The quantitative estimate of drug-likeness (QED) is 0.683. The lowest BCUT2D eigenvalue weighted by Crippen LogP contribution is -2.01. The third-order valence-electron chi connectivity index (χ3n) is 3.47. The van der Waals surface area contributed by atoms with Crippen LogP contribution in [0.2, 0.25) is 0 Å². The molecule has 0 bridgehead atoms. The van der Waals surface area contributed by atoms with Gasteiger partial charge in [0.2, 0.25) is 0 Å². The van der Waals surface area contributed by atoms with E-state index in [-0.39, 0.29) is 14.9 Å². The summed E-state index contributed by atoms with van der Waals surface area (Å²) in [5.74, 6) is 1.11. The van der Waals surface area contributed by atoms with Crippen LogP contribution in [-0.4, -0.2) is 5.11 Å². The van der Waals surface area contributed by atoms with Crippen molar-refractivity contribution in [1.29, 1.82) is 0 Å². The first-order valence-corrected chi connectivity index (χ1v) is 6.15. The first-order valence-electron chi connectivity index (χ1n) is 6.15. The highest BCUT2D eigenvalue weighted by Crippen LogP contribution is 2.31. The molecular weight excluding hydrogens is 208 g/mol. The molecule has 17 heavy (non-hydrogen) atoms. The number of phenols is 1. The Morgan fingerprint density at radius 1 is 0.765 bits per heavy atom. The minimum atomic E-state index is 0. The molecule has 0 saturated heterocycles. The van der Waals surface area contributed by atoms with E-state index >= 15 is 0 Å². The van der Waals surface area contributed by atoms with E-state index in [2.05, 4.69) is 12.1 Å². The number of benzene rings is 1.